The van der Waals surface area contributed by atoms with E-state index in [9.17, 15) is 24.1 Å². The molecule has 0 aliphatic heterocycles. The van der Waals surface area contributed by atoms with Gasteiger partial charge in [-0.15, -0.1) is 0 Å². The first-order valence-electron chi connectivity index (χ1n) is 11.4. The Morgan fingerprint density at radius 3 is 2.60 bits per heavy atom. The van der Waals surface area contributed by atoms with Crippen molar-refractivity contribution in [3.63, 3.8) is 0 Å². The molecule has 0 bridgehead atoms. The standard InChI is InChI=1S/C25H25FN4O5/c1-15(2)35-23(31)14-19(16-8-3-5-11-21(16)30(33)34)27-25(32)24-17-9-7-13-20(17)29(28-24)22-12-6-4-10-18(22)26/h3-6,8,10-12,15,19H,7,9,13-14H2,1-2H3,(H,27,32). The number of carbonyl (C=O) groups excluding carboxylic acids is 2. The molecule has 9 nitrogen and oxygen atoms in total. The summed E-state index contributed by atoms with van der Waals surface area (Å²) >= 11 is 0. The summed E-state index contributed by atoms with van der Waals surface area (Å²) in [5.74, 6) is -1.67. The van der Waals surface area contributed by atoms with Crippen molar-refractivity contribution in [2.75, 3.05) is 0 Å². The smallest absolute Gasteiger partial charge is 0.308 e. The first kappa shape index (κ1) is 24.1. The third-order valence-electron chi connectivity index (χ3n) is 5.78. The van der Waals surface area contributed by atoms with E-state index in [0.717, 1.165) is 12.1 Å². The number of nitrogens with one attached hydrogen (secondary N) is 1. The minimum atomic E-state index is -1.02. The van der Waals surface area contributed by atoms with Gasteiger partial charge >= 0.3 is 5.97 Å². The zero-order valence-corrected chi connectivity index (χ0v) is 19.4. The van der Waals surface area contributed by atoms with Crippen molar-refractivity contribution in [1.29, 1.82) is 0 Å². The highest BCUT2D eigenvalue weighted by atomic mass is 19.1. The maximum Gasteiger partial charge on any atom is 0.308 e. The van der Waals surface area contributed by atoms with Crippen LogP contribution in [0, 0.1) is 15.9 Å². The molecule has 0 spiro atoms. The average Bonchev–Trinajstić information content (AvgIpc) is 3.41. The van der Waals surface area contributed by atoms with E-state index in [1.165, 1.54) is 28.9 Å². The van der Waals surface area contributed by atoms with E-state index in [2.05, 4.69) is 10.4 Å². The Morgan fingerprint density at radius 1 is 1.17 bits per heavy atom. The van der Waals surface area contributed by atoms with Gasteiger partial charge in [-0.05, 0) is 45.2 Å². The molecule has 1 atom stereocenters. The van der Waals surface area contributed by atoms with Crippen LogP contribution in [0.2, 0.25) is 0 Å². The quantitative estimate of drug-likeness (QED) is 0.293. The Kier molecular flexibility index (Phi) is 6.90. The van der Waals surface area contributed by atoms with Crippen LogP contribution in [0.15, 0.2) is 48.5 Å². The highest BCUT2D eigenvalue weighted by Crippen LogP contribution is 2.31. The number of hydrogen-bond donors (Lipinski definition) is 1. The number of amides is 1. The predicted octanol–water partition coefficient (Wildman–Crippen LogP) is 4.22. The fourth-order valence-corrected chi connectivity index (χ4v) is 4.33. The molecule has 1 aliphatic carbocycles. The summed E-state index contributed by atoms with van der Waals surface area (Å²) in [5, 5.41) is 18.8. The molecule has 3 aromatic rings. The summed E-state index contributed by atoms with van der Waals surface area (Å²) in [4.78, 5) is 36.9. The number of nitrogens with zero attached hydrogens (tertiary/aromatic N) is 3. The number of ether oxygens (including phenoxy) is 1. The molecule has 0 radical (unpaired) electrons. The monoisotopic (exact) mass is 480 g/mol. The number of halogens is 1. The van der Waals surface area contributed by atoms with E-state index in [1.807, 2.05) is 0 Å². The number of nitro groups is 1. The lowest BCUT2D eigenvalue weighted by molar-refractivity contribution is -0.385. The SMILES string of the molecule is CC(C)OC(=O)CC(NC(=O)c1nn(-c2ccccc2F)c2c1CCC2)c1ccccc1[N+](=O)[O-]. The van der Waals surface area contributed by atoms with Crippen LogP contribution in [-0.2, 0) is 22.4 Å². The highest BCUT2D eigenvalue weighted by molar-refractivity contribution is 5.95. The van der Waals surface area contributed by atoms with Crippen molar-refractivity contribution in [2.24, 2.45) is 0 Å². The van der Waals surface area contributed by atoms with Crippen LogP contribution in [0.4, 0.5) is 10.1 Å². The van der Waals surface area contributed by atoms with Gasteiger partial charge in [0.15, 0.2) is 5.69 Å². The van der Waals surface area contributed by atoms with Crippen LogP contribution in [0.25, 0.3) is 5.69 Å². The highest BCUT2D eigenvalue weighted by Gasteiger charge is 2.31. The van der Waals surface area contributed by atoms with E-state index in [0.29, 0.717) is 18.4 Å². The number of benzene rings is 2. The third kappa shape index (κ3) is 5.06. The van der Waals surface area contributed by atoms with Gasteiger partial charge in [-0.3, -0.25) is 19.7 Å². The van der Waals surface area contributed by atoms with Crippen LogP contribution in [0.1, 0.15) is 60.0 Å². The van der Waals surface area contributed by atoms with E-state index in [1.54, 1.807) is 38.1 Å². The maximum atomic E-state index is 14.5. The average molecular weight is 480 g/mol. The van der Waals surface area contributed by atoms with Crippen molar-refractivity contribution in [3.8, 4) is 5.69 Å². The maximum absolute atomic E-state index is 14.5. The molecule has 1 unspecified atom stereocenters. The van der Waals surface area contributed by atoms with Gasteiger partial charge < -0.3 is 10.1 Å². The molecule has 1 heterocycles. The first-order chi connectivity index (χ1) is 16.8. The minimum Gasteiger partial charge on any atom is -0.463 e. The van der Waals surface area contributed by atoms with E-state index in [-0.39, 0.29) is 35.2 Å². The number of para-hydroxylation sites is 2. The lowest BCUT2D eigenvalue weighted by Gasteiger charge is -2.19. The second-order valence-electron chi connectivity index (χ2n) is 8.58. The first-order valence-corrected chi connectivity index (χ1v) is 11.4. The Labute approximate surface area is 201 Å². The molecular formula is C25H25FN4O5. The largest absolute Gasteiger partial charge is 0.463 e. The van der Waals surface area contributed by atoms with Crippen LogP contribution >= 0.6 is 0 Å². The second-order valence-corrected chi connectivity index (χ2v) is 8.58. The molecule has 0 saturated heterocycles. The number of fused-ring (bicyclic) bond motifs is 1. The Bertz CT molecular complexity index is 1290. The van der Waals surface area contributed by atoms with Crippen molar-refractivity contribution >= 4 is 17.6 Å². The minimum absolute atomic E-state index is 0.113. The lowest BCUT2D eigenvalue weighted by atomic mass is 10.0. The van der Waals surface area contributed by atoms with Crippen LogP contribution in [0.5, 0.6) is 0 Å². The van der Waals surface area contributed by atoms with Gasteiger partial charge in [-0.25, -0.2) is 9.07 Å². The molecule has 1 aliphatic rings. The van der Waals surface area contributed by atoms with Crippen LogP contribution in [0.3, 0.4) is 0 Å². The van der Waals surface area contributed by atoms with Gasteiger partial charge in [0.05, 0.1) is 29.1 Å². The zero-order chi connectivity index (χ0) is 25.1. The van der Waals surface area contributed by atoms with E-state index < -0.39 is 28.7 Å². The molecule has 182 valence electrons. The summed E-state index contributed by atoms with van der Waals surface area (Å²) in [6, 6.07) is 11.1. The van der Waals surface area contributed by atoms with Gasteiger partial charge in [0, 0.05) is 17.3 Å². The number of esters is 1. The van der Waals surface area contributed by atoms with Crippen molar-refractivity contribution in [2.45, 2.75) is 51.7 Å². The number of carbonyl (C=O) groups is 2. The normalized spacial score (nSPS) is 13.4. The molecule has 0 fully saturated rings. The summed E-state index contributed by atoms with van der Waals surface area (Å²) in [7, 11) is 0. The second kappa shape index (κ2) is 10.0. The Balaban J connectivity index is 1.70. The Hall–Kier alpha value is -4.08. The molecule has 10 heteroatoms. The lowest BCUT2D eigenvalue weighted by Crippen LogP contribution is -2.32. The predicted molar refractivity (Wildman–Crippen MR) is 125 cm³/mol. The number of rotatable bonds is 8. The zero-order valence-electron chi connectivity index (χ0n) is 19.4. The number of aromatic nitrogens is 2. The molecule has 0 saturated carbocycles. The fourth-order valence-electron chi connectivity index (χ4n) is 4.33. The summed E-state index contributed by atoms with van der Waals surface area (Å²) < 4.78 is 21.1. The third-order valence-corrected chi connectivity index (χ3v) is 5.78. The number of hydrogen-bond acceptors (Lipinski definition) is 6. The molecule has 4 rings (SSSR count). The molecule has 1 aromatic heterocycles. The summed E-state index contributed by atoms with van der Waals surface area (Å²) in [6.45, 7) is 3.38. The van der Waals surface area contributed by atoms with Gasteiger partial charge in [0.25, 0.3) is 11.6 Å². The van der Waals surface area contributed by atoms with Crippen molar-refractivity contribution < 1.29 is 23.6 Å². The topological polar surface area (TPSA) is 116 Å². The summed E-state index contributed by atoms with van der Waals surface area (Å²) in [5.41, 5.74) is 1.76. The van der Waals surface area contributed by atoms with Crippen LogP contribution in [-0.4, -0.2) is 32.7 Å². The fraction of sp³-hybridized carbons (Fsp3) is 0.320. The van der Waals surface area contributed by atoms with Gasteiger partial charge in [-0.1, -0.05) is 30.3 Å². The molecule has 35 heavy (non-hydrogen) atoms. The Morgan fingerprint density at radius 2 is 1.89 bits per heavy atom. The van der Waals surface area contributed by atoms with E-state index >= 15 is 0 Å². The van der Waals surface area contributed by atoms with Crippen molar-refractivity contribution in [1.82, 2.24) is 15.1 Å². The molecule has 2 aromatic carbocycles. The molecule has 1 amide bonds. The molecular weight excluding hydrogens is 455 g/mol. The van der Waals surface area contributed by atoms with Crippen LogP contribution < -0.4 is 5.32 Å². The van der Waals surface area contributed by atoms with Gasteiger partial charge in [0.2, 0.25) is 0 Å². The number of nitro benzene ring substituents is 1. The van der Waals surface area contributed by atoms with Gasteiger partial charge in [-0.2, -0.15) is 5.10 Å². The van der Waals surface area contributed by atoms with Crippen molar-refractivity contribution in [3.05, 3.63) is 87.0 Å². The van der Waals surface area contributed by atoms with Gasteiger partial charge in [0.1, 0.15) is 11.5 Å². The molecule has 1 N–H and O–H groups in total. The summed E-state index contributed by atoms with van der Waals surface area (Å²) in [6.07, 6.45) is 1.33. The van der Waals surface area contributed by atoms with E-state index in [4.69, 9.17) is 4.74 Å².